The van der Waals surface area contributed by atoms with Gasteiger partial charge in [-0.1, -0.05) is 25.1 Å². The maximum atomic E-state index is 12.9. The summed E-state index contributed by atoms with van der Waals surface area (Å²) in [5, 5.41) is 2.91. The zero-order valence-electron chi connectivity index (χ0n) is 14.2. The molecule has 1 amide bonds. The number of amides is 1. The standard InChI is InChI=1S/C17H20ClN3O3S/c1-4-17(22)21(18)16-12-14(10-11-15(16)19-2)25(23,24)20(3)13-8-6-5-7-9-13/h5-12,19H,4H2,1-3H3. The molecule has 0 saturated carbocycles. The molecule has 0 radical (unpaired) electrons. The van der Waals surface area contributed by atoms with Crippen LogP contribution in [0.25, 0.3) is 0 Å². The molecule has 6 nitrogen and oxygen atoms in total. The Morgan fingerprint density at radius 2 is 1.80 bits per heavy atom. The van der Waals surface area contributed by atoms with Crippen LogP contribution in [-0.2, 0) is 14.8 Å². The molecule has 0 atom stereocenters. The number of hydrogen-bond donors (Lipinski definition) is 1. The minimum Gasteiger partial charge on any atom is -0.386 e. The molecule has 2 aromatic rings. The molecule has 0 fully saturated rings. The number of sulfonamides is 1. The molecule has 0 saturated heterocycles. The van der Waals surface area contributed by atoms with Crippen molar-refractivity contribution in [3.8, 4) is 0 Å². The number of rotatable bonds is 6. The predicted molar refractivity (Wildman–Crippen MR) is 102 cm³/mol. The molecule has 0 aliphatic carbocycles. The van der Waals surface area contributed by atoms with Gasteiger partial charge < -0.3 is 5.32 Å². The SMILES string of the molecule is CCC(=O)N(Cl)c1cc(S(=O)(=O)N(C)c2ccccc2)ccc1NC. The molecule has 0 bridgehead atoms. The summed E-state index contributed by atoms with van der Waals surface area (Å²) in [5.74, 6) is -0.330. The summed E-state index contributed by atoms with van der Waals surface area (Å²) in [5.41, 5.74) is 1.38. The summed E-state index contributed by atoms with van der Waals surface area (Å²) < 4.78 is 27.9. The van der Waals surface area contributed by atoms with E-state index < -0.39 is 10.0 Å². The van der Waals surface area contributed by atoms with Gasteiger partial charge in [0.1, 0.15) is 0 Å². The number of carbonyl (C=O) groups excluding carboxylic acids is 1. The average molecular weight is 382 g/mol. The van der Waals surface area contributed by atoms with Crippen molar-refractivity contribution < 1.29 is 13.2 Å². The molecule has 134 valence electrons. The number of anilines is 3. The molecule has 25 heavy (non-hydrogen) atoms. The smallest absolute Gasteiger partial charge is 0.264 e. The summed E-state index contributed by atoms with van der Waals surface area (Å²) >= 11 is 6.09. The number of carbonyl (C=O) groups is 1. The van der Waals surface area contributed by atoms with Crippen molar-refractivity contribution in [2.75, 3.05) is 28.1 Å². The minimum absolute atomic E-state index is 0.0439. The van der Waals surface area contributed by atoms with Crippen LogP contribution in [0.1, 0.15) is 13.3 Å². The lowest BCUT2D eigenvalue weighted by molar-refractivity contribution is -0.117. The molecule has 0 heterocycles. The third-order valence-corrected chi connectivity index (χ3v) is 5.90. The van der Waals surface area contributed by atoms with E-state index in [1.54, 1.807) is 44.3 Å². The fourth-order valence-electron chi connectivity index (χ4n) is 2.25. The Hall–Kier alpha value is -2.25. The zero-order chi connectivity index (χ0) is 18.6. The second-order valence-corrected chi connectivity index (χ2v) is 7.57. The van der Waals surface area contributed by atoms with Gasteiger partial charge in [-0.25, -0.2) is 12.8 Å². The number of nitrogens with one attached hydrogen (secondary N) is 1. The van der Waals surface area contributed by atoms with Crippen molar-refractivity contribution in [3.63, 3.8) is 0 Å². The van der Waals surface area contributed by atoms with Crippen molar-refractivity contribution in [2.24, 2.45) is 0 Å². The Balaban J connectivity index is 2.50. The van der Waals surface area contributed by atoms with E-state index in [2.05, 4.69) is 5.32 Å². The zero-order valence-corrected chi connectivity index (χ0v) is 15.8. The van der Waals surface area contributed by atoms with E-state index >= 15 is 0 Å². The van der Waals surface area contributed by atoms with E-state index in [0.29, 0.717) is 17.1 Å². The van der Waals surface area contributed by atoms with Gasteiger partial charge in [0.2, 0.25) is 5.91 Å². The number of para-hydroxylation sites is 1. The van der Waals surface area contributed by atoms with Crippen molar-refractivity contribution in [2.45, 2.75) is 18.2 Å². The third kappa shape index (κ3) is 3.88. The van der Waals surface area contributed by atoms with E-state index in [1.807, 2.05) is 6.07 Å². The first kappa shape index (κ1) is 19.1. The van der Waals surface area contributed by atoms with Crippen LogP contribution in [-0.4, -0.2) is 28.4 Å². The molecule has 0 aliphatic rings. The molecule has 2 aromatic carbocycles. The number of benzene rings is 2. The molecule has 1 N–H and O–H groups in total. The second kappa shape index (κ2) is 7.76. The summed E-state index contributed by atoms with van der Waals surface area (Å²) in [6.45, 7) is 1.68. The quantitative estimate of drug-likeness (QED) is 0.778. The fraction of sp³-hybridized carbons (Fsp3) is 0.235. The van der Waals surface area contributed by atoms with Crippen LogP contribution >= 0.6 is 11.8 Å². The van der Waals surface area contributed by atoms with Gasteiger partial charge in [0.05, 0.1) is 22.0 Å². The maximum Gasteiger partial charge on any atom is 0.264 e. The summed E-state index contributed by atoms with van der Waals surface area (Å²) in [7, 11) is -0.647. The van der Waals surface area contributed by atoms with E-state index in [9.17, 15) is 13.2 Å². The first-order chi connectivity index (χ1) is 11.8. The Labute approximate surface area is 153 Å². The van der Waals surface area contributed by atoms with Gasteiger partial charge in [-0.3, -0.25) is 9.10 Å². The average Bonchev–Trinajstić information content (AvgIpc) is 2.66. The summed E-state index contributed by atoms with van der Waals surface area (Å²) in [6, 6.07) is 13.2. The molecular formula is C17H20ClN3O3S. The largest absolute Gasteiger partial charge is 0.386 e. The number of hydrogen-bond acceptors (Lipinski definition) is 4. The Morgan fingerprint density at radius 3 is 2.36 bits per heavy atom. The molecule has 8 heteroatoms. The van der Waals surface area contributed by atoms with Crippen LogP contribution in [0.3, 0.4) is 0 Å². The highest BCUT2D eigenvalue weighted by atomic mass is 35.5. The molecule has 2 rings (SSSR count). The maximum absolute atomic E-state index is 12.9. The van der Waals surface area contributed by atoms with Crippen molar-refractivity contribution in [3.05, 3.63) is 48.5 Å². The molecule has 0 aliphatic heterocycles. The lowest BCUT2D eigenvalue weighted by Gasteiger charge is -2.22. The molecule has 0 spiro atoms. The first-order valence-electron chi connectivity index (χ1n) is 7.67. The van der Waals surface area contributed by atoms with Crippen molar-refractivity contribution >= 4 is 44.8 Å². The Bertz CT molecular complexity index is 857. The van der Waals surface area contributed by atoms with Gasteiger partial charge in [0.25, 0.3) is 10.0 Å². The fourth-order valence-corrected chi connectivity index (χ4v) is 3.73. The highest BCUT2D eigenvalue weighted by molar-refractivity contribution is 7.92. The van der Waals surface area contributed by atoms with E-state index in [0.717, 1.165) is 4.42 Å². The normalized spacial score (nSPS) is 11.0. The van der Waals surface area contributed by atoms with Crippen LogP contribution < -0.4 is 14.0 Å². The number of halogens is 1. The molecule has 0 unspecified atom stereocenters. The van der Waals surface area contributed by atoms with Crippen LogP contribution in [0.2, 0.25) is 0 Å². The van der Waals surface area contributed by atoms with E-state index in [4.69, 9.17) is 11.8 Å². The van der Waals surface area contributed by atoms with E-state index in [-0.39, 0.29) is 17.2 Å². The molecular weight excluding hydrogens is 362 g/mol. The van der Waals surface area contributed by atoms with Crippen LogP contribution in [0.4, 0.5) is 17.1 Å². The third-order valence-electron chi connectivity index (χ3n) is 3.75. The minimum atomic E-state index is -3.80. The highest BCUT2D eigenvalue weighted by Gasteiger charge is 2.24. The second-order valence-electron chi connectivity index (χ2n) is 5.27. The van der Waals surface area contributed by atoms with Crippen molar-refractivity contribution in [1.29, 1.82) is 0 Å². The van der Waals surface area contributed by atoms with Gasteiger partial charge in [-0.15, -0.1) is 0 Å². The van der Waals surface area contributed by atoms with Crippen LogP contribution in [0.15, 0.2) is 53.4 Å². The predicted octanol–water partition coefficient (Wildman–Crippen LogP) is 3.45. The van der Waals surface area contributed by atoms with Crippen molar-refractivity contribution in [1.82, 2.24) is 0 Å². The topological polar surface area (TPSA) is 69.7 Å². The molecule has 0 aromatic heterocycles. The van der Waals surface area contributed by atoms with E-state index in [1.165, 1.54) is 23.5 Å². The van der Waals surface area contributed by atoms with Crippen LogP contribution in [0, 0.1) is 0 Å². The van der Waals surface area contributed by atoms with Crippen LogP contribution in [0.5, 0.6) is 0 Å². The van der Waals surface area contributed by atoms with Gasteiger partial charge in [-0.2, -0.15) is 0 Å². The van der Waals surface area contributed by atoms with Gasteiger partial charge in [-0.05, 0) is 30.3 Å². The first-order valence-corrected chi connectivity index (χ1v) is 9.45. The van der Waals surface area contributed by atoms with Gasteiger partial charge >= 0.3 is 0 Å². The highest BCUT2D eigenvalue weighted by Crippen LogP contribution is 2.32. The number of nitrogens with zero attached hydrogens (tertiary/aromatic N) is 2. The lowest BCUT2D eigenvalue weighted by atomic mass is 10.2. The summed E-state index contributed by atoms with van der Waals surface area (Å²) in [6.07, 6.45) is 0.202. The van der Waals surface area contributed by atoms with Gasteiger partial charge in [0, 0.05) is 32.3 Å². The summed E-state index contributed by atoms with van der Waals surface area (Å²) in [4.78, 5) is 11.9. The monoisotopic (exact) mass is 381 g/mol. The Morgan fingerprint density at radius 1 is 1.16 bits per heavy atom. The Kier molecular flexibility index (Phi) is 5.92. The lowest BCUT2D eigenvalue weighted by Crippen LogP contribution is -2.27. The van der Waals surface area contributed by atoms with Gasteiger partial charge in [0.15, 0.2) is 0 Å².